The number of hydrogen-bond donors (Lipinski definition) is 22. The maximum atomic E-state index is 11.2. The maximum absolute atomic E-state index is 11.2. The van der Waals surface area contributed by atoms with Gasteiger partial charge < -0.3 is 170 Å². The van der Waals surface area contributed by atoms with E-state index in [2.05, 4.69) is 10.6 Å². The molecule has 0 aliphatic carbocycles. The summed E-state index contributed by atoms with van der Waals surface area (Å²) in [6.45, 7) is -2.19. The number of thiocarbonyl (C=S) groups is 1. The van der Waals surface area contributed by atoms with Crippen LogP contribution in [0.25, 0.3) is 0 Å². The third-order valence-corrected chi connectivity index (χ3v) is 23.0. The molecule has 8 heterocycles. The summed E-state index contributed by atoms with van der Waals surface area (Å²) in [5, 5.41) is 216. The first-order chi connectivity index (χ1) is 46.5. The molecule has 34 nitrogen and oxygen atoms in total. The van der Waals surface area contributed by atoms with Gasteiger partial charge in [0, 0.05) is 56.9 Å². The highest BCUT2D eigenvalue weighted by Crippen LogP contribution is 2.38. The fourth-order valence-corrected chi connectivity index (χ4v) is 16.5. The number of hydrogen-bond acceptors (Lipinski definition) is 37. The van der Waals surface area contributed by atoms with Gasteiger partial charge in [-0.3, -0.25) is 0 Å². The van der Waals surface area contributed by atoms with Crippen LogP contribution in [0.5, 0.6) is 0 Å². The van der Waals surface area contributed by atoms with Crippen LogP contribution in [0.1, 0.15) is 44.9 Å². The number of thioether (sulfide) groups is 4. The summed E-state index contributed by atoms with van der Waals surface area (Å²) in [7, 11) is 0. The Morgan fingerprint density at radius 2 is 0.845 bits per heavy atom. The van der Waals surface area contributed by atoms with E-state index >= 15 is 0 Å². The van der Waals surface area contributed by atoms with E-state index in [1.165, 1.54) is 0 Å². The molecular weight excluding hydrogens is 1400 g/mol. The largest absolute Gasteiger partial charge is 0.394 e. The Hall–Kier alpha value is -0.190. The van der Waals surface area contributed by atoms with Crippen molar-refractivity contribution in [3.05, 3.63) is 0 Å². The Morgan fingerprint density at radius 1 is 0.423 bits per heavy atom. The molecular formula is C58H104N2O32S5. The van der Waals surface area contributed by atoms with Crippen LogP contribution in [0, 0.1) is 11.3 Å². The zero-order valence-corrected chi connectivity index (χ0v) is 57.7. The molecule has 8 saturated heterocycles. The van der Waals surface area contributed by atoms with Crippen molar-refractivity contribution < 1.29 is 159 Å². The first-order valence-corrected chi connectivity index (χ1v) is 37.5. The molecule has 0 saturated carbocycles. The molecule has 0 aromatic heterocycles. The van der Waals surface area contributed by atoms with Crippen molar-refractivity contribution in [3.63, 3.8) is 0 Å². The minimum absolute atomic E-state index is 0.00426. The SMILES string of the molecule is OCC1O[C@H](SCCCOCC(CNC(=S)NCCSCC2O[C@@H]3OCCCCCC2[C@H](O)C3O)(COCCCS[C@@H]2OC(CO)[C@@H](O[C@@H]3OC(CO)[C@H](O)C(O)[C@@H]3O)C(O)[C@@H]2O)COCCCS[C@@H]2OC(CO)[C@@H](O[C@@H]3OC(CO)[C@H](O)C(O)[C@@H]3O)C(O)[C@@H]2O)[C@H](O)C(O)[C@@H]1O. The van der Waals surface area contributed by atoms with Gasteiger partial charge in [0.15, 0.2) is 24.0 Å². The summed E-state index contributed by atoms with van der Waals surface area (Å²) in [4.78, 5) is 0. The van der Waals surface area contributed by atoms with Crippen molar-refractivity contribution in [1.29, 1.82) is 0 Å². The molecule has 8 fully saturated rings. The predicted molar refractivity (Wildman–Crippen MR) is 347 cm³/mol. The predicted octanol–water partition coefficient (Wildman–Crippen LogP) is -8.71. The van der Waals surface area contributed by atoms with E-state index in [4.69, 9.17) is 69.1 Å². The van der Waals surface area contributed by atoms with Gasteiger partial charge >= 0.3 is 0 Å². The second-order valence-electron chi connectivity index (χ2n) is 25.1. The van der Waals surface area contributed by atoms with Crippen LogP contribution >= 0.6 is 59.3 Å². The minimum Gasteiger partial charge on any atom is -0.394 e. The van der Waals surface area contributed by atoms with Gasteiger partial charge in [0.2, 0.25) is 0 Å². The van der Waals surface area contributed by atoms with E-state index in [0.29, 0.717) is 56.1 Å². The molecule has 0 spiro atoms. The van der Waals surface area contributed by atoms with Gasteiger partial charge in [-0.05, 0) is 61.6 Å². The van der Waals surface area contributed by atoms with E-state index < -0.39 is 208 Å². The summed E-state index contributed by atoms with van der Waals surface area (Å²) in [6, 6.07) is 0. The highest BCUT2D eigenvalue weighted by atomic mass is 32.2. The Labute approximate surface area is 584 Å². The lowest BCUT2D eigenvalue weighted by atomic mass is 9.85. The second kappa shape index (κ2) is 42.2. The van der Waals surface area contributed by atoms with Gasteiger partial charge in [-0.25, -0.2) is 0 Å². The van der Waals surface area contributed by atoms with Gasteiger partial charge in [0.05, 0.1) is 70.5 Å². The van der Waals surface area contributed by atoms with E-state index in [0.717, 1.165) is 54.5 Å². The maximum Gasteiger partial charge on any atom is 0.187 e. The molecule has 0 amide bonds. The first-order valence-electron chi connectivity index (χ1n) is 32.8. The van der Waals surface area contributed by atoms with E-state index in [1.807, 2.05) is 0 Å². The normalized spacial score (nSPS) is 42.1. The van der Waals surface area contributed by atoms with Crippen LogP contribution < -0.4 is 10.6 Å². The molecule has 30 atom stereocenters. The van der Waals surface area contributed by atoms with Crippen LogP contribution in [-0.2, 0) is 56.8 Å². The number of rotatable bonds is 37. The van der Waals surface area contributed by atoms with Crippen LogP contribution in [-0.4, -0.2) is 404 Å². The summed E-state index contributed by atoms with van der Waals surface area (Å²) in [5.41, 5.74) is -4.18. The van der Waals surface area contributed by atoms with E-state index in [-0.39, 0.29) is 74.8 Å². The summed E-state index contributed by atoms with van der Waals surface area (Å²) >= 11 is 10.7. The smallest absolute Gasteiger partial charge is 0.187 e. The highest BCUT2D eigenvalue weighted by Gasteiger charge is 2.53. The highest BCUT2D eigenvalue weighted by molar-refractivity contribution is 8.00. The van der Waals surface area contributed by atoms with Crippen molar-refractivity contribution in [2.75, 3.05) is 121 Å². The molecule has 8 aliphatic rings. The van der Waals surface area contributed by atoms with Gasteiger partial charge in [-0.2, -0.15) is 11.8 Å². The van der Waals surface area contributed by atoms with Crippen molar-refractivity contribution in [2.45, 2.75) is 221 Å². The molecule has 0 aromatic carbocycles. The van der Waals surface area contributed by atoms with Gasteiger partial charge in [-0.15, -0.1) is 35.3 Å². The Bertz CT molecular complexity index is 2120. The van der Waals surface area contributed by atoms with Crippen LogP contribution in [0.15, 0.2) is 0 Å². The third kappa shape index (κ3) is 23.2. The zero-order chi connectivity index (χ0) is 70.5. The quantitative estimate of drug-likeness (QED) is 0.0203. The average molecular weight is 1500 g/mol. The molecule has 22 N–H and O–H groups in total. The van der Waals surface area contributed by atoms with Crippen LogP contribution in [0.4, 0.5) is 0 Å². The van der Waals surface area contributed by atoms with Crippen LogP contribution in [0.3, 0.4) is 0 Å². The number of fused-ring (bicyclic) bond motifs is 7. The Balaban J connectivity index is 0.974. The topological polar surface area (TPSA) is 539 Å². The third-order valence-electron chi connectivity index (χ3n) is 17.9. The van der Waals surface area contributed by atoms with Crippen molar-refractivity contribution in [2.24, 2.45) is 11.3 Å². The molecule has 0 aromatic rings. The molecule has 2 bridgehead atoms. The van der Waals surface area contributed by atoms with Gasteiger partial charge in [-0.1, -0.05) is 12.8 Å². The summed E-state index contributed by atoms with van der Waals surface area (Å²) < 4.78 is 70.8. The Kier molecular flexibility index (Phi) is 36.6. The van der Waals surface area contributed by atoms with Gasteiger partial charge in [0.25, 0.3) is 0 Å². The lowest BCUT2D eigenvalue weighted by molar-refractivity contribution is -0.338. The van der Waals surface area contributed by atoms with Crippen molar-refractivity contribution in [1.82, 2.24) is 10.6 Å². The molecule has 568 valence electrons. The Morgan fingerprint density at radius 3 is 1.30 bits per heavy atom. The minimum atomic E-state index is -1.83. The monoisotopic (exact) mass is 1500 g/mol. The van der Waals surface area contributed by atoms with Gasteiger partial charge in [0.1, 0.15) is 144 Å². The fraction of sp³-hybridized carbons (Fsp3) is 0.983. The molecule has 13 unspecified atom stereocenters. The van der Waals surface area contributed by atoms with E-state index in [9.17, 15) is 102 Å². The lowest BCUT2D eigenvalue weighted by Gasteiger charge is -2.46. The molecule has 8 rings (SSSR count). The summed E-state index contributed by atoms with van der Waals surface area (Å²) in [5.74, 6) is 1.75. The molecule has 97 heavy (non-hydrogen) atoms. The number of aliphatic hydroxyl groups is 20. The molecule has 8 aliphatic heterocycles. The lowest BCUT2D eigenvalue weighted by Crippen LogP contribution is -2.64. The van der Waals surface area contributed by atoms with E-state index in [1.54, 1.807) is 11.8 Å². The summed E-state index contributed by atoms with van der Waals surface area (Å²) in [6.07, 6.45) is -33.4. The zero-order valence-electron chi connectivity index (χ0n) is 53.6. The second-order valence-corrected chi connectivity index (χ2v) is 30.3. The fourth-order valence-electron chi connectivity index (χ4n) is 12.1. The van der Waals surface area contributed by atoms with Crippen molar-refractivity contribution in [3.8, 4) is 0 Å². The standard InChI is InChI=1S/C58H104N2O32S5/c61-17-28-35(67)38(70)44(76)52(85-28)91-49-31(20-64)89-55(47(79)41(49)73)96-14-5-10-82-25-58(24-81-9-4-13-95-54-46(78)40(72)37(69)30(19-63)88-54,23-60-57(93)59-8-16-94-22-33-27-7-2-1-3-12-84-51(87-33)43(75)34(27)66)26-83-11-6-15-97-56-48(80)42(74)50(32(21-65)90-56)92-53-45(77)39(71)36(68)29(18-62)86-53/h27-56,61-80H,1-26H2,(H2,59,60,93)/t27?,28?,29?,30?,31?,32?,33?,34-,35-,36-,37+,38?,39?,40?,41?,42?,43?,44-,45-,46+,47-,48-,49+,50+,51-,52-,53-,54+,55-,56-,58?/m0/s1. The number of ether oxygens (including phenoxy) is 12. The van der Waals surface area contributed by atoms with Crippen molar-refractivity contribution >= 4 is 64.4 Å². The number of aliphatic hydroxyl groups excluding tert-OH is 20. The number of nitrogens with one attached hydrogen (secondary N) is 2. The molecule has 39 heteroatoms. The average Bonchev–Trinajstić information content (AvgIpc) is 0.815. The van der Waals surface area contributed by atoms with Crippen LogP contribution in [0.2, 0.25) is 0 Å². The first kappa shape index (κ1) is 84.1. The molecule has 0 radical (unpaired) electrons.